The second kappa shape index (κ2) is 5.77. The number of benzene rings is 1. The van der Waals surface area contributed by atoms with Crippen LogP contribution in [0.4, 0.5) is 4.39 Å². The van der Waals surface area contributed by atoms with E-state index >= 15 is 0 Å². The van der Waals surface area contributed by atoms with E-state index in [1.807, 2.05) is 11.8 Å². The van der Waals surface area contributed by atoms with Crippen LogP contribution in [0.15, 0.2) is 18.2 Å². The minimum absolute atomic E-state index is 0.184. The van der Waals surface area contributed by atoms with Crippen molar-refractivity contribution in [1.82, 2.24) is 4.90 Å². The van der Waals surface area contributed by atoms with Crippen LogP contribution < -0.4 is 5.73 Å². The molecule has 2 rings (SSSR count). The van der Waals surface area contributed by atoms with E-state index in [1.165, 1.54) is 6.07 Å². The maximum Gasteiger partial charge on any atom is 0.127 e. The molecule has 1 fully saturated rings. The van der Waals surface area contributed by atoms with E-state index in [9.17, 15) is 4.39 Å². The van der Waals surface area contributed by atoms with E-state index in [0.717, 1.165) is 24.4 Å². The van der Waals surface area contributed by atoms with Crippen LogP contribution in [0.5, 0.6) is 0 Å². The van der Waals surface area contributed by atoms with Gasteiger partial charge in [0, 0.05) is 41.3 Å². The van der Waals surface area contributed by atoms with Crippen molar-refractivity contribution in [2.75, 3.05) is 18.8 Å². The van der Waals surface area contributed by atoms with E-state index in [1.54, 1.807) is 12.1 Å². The van der Waals surface area contributed by atoms with Gasteiger partial charge >= 0.3 is 0 Å². The molecule has 1 aliphatic heterocycles. The van der Waals surface area contributed by atoms with Gasteiger partial charge < -0.3 is 5.73 Å². The number of hydrogen-bond donors (Lipinski definition) is 1. The van der Waals surface area contributed by atoms with Gasteiger partial charge in [-0.15, -0.1) is 0 Å². The Morgan fingerprint density at radius 1 is 1.53 bits per heavy atom. The third kappa shape index (κ3) is 3.91. The van der Waals surface area contributed by atoms with Crippen molar-refractivity contribution in [3.63, 3.8) is 0 Å². The maximum absolute atomic E-state index is 13.9. The first kappa shape index (κ1) is 14.8. The van der Waals surface area contributed by atoms with Crippen LogP contribution in [0.25, 0.3) is 0 Å². The van der Waals surface area contributed by atoms with Gasteiger partial charge in [0.1, 0.15) is 10.8 Å². The van der Waals surface area contributed by atoms with Crippen molar-refractivity contribution in [1.29, 1.82) is 0 Å². The zero-order valence-corrected chi connectivity index (χ0v) is 12.9. The fourth-order valence-electron chi connectivity index (χ4n) is 2.34. The molecule has 1 aromatic carbocycles. The summed E-state index contributed by atoms with van der Waals surface area (Å²) >= 11 is 6.91. The van der Waals surface area contributed by atoms with Crippen LogP contribution in [0, 0.1) is 5.82 Å². The second-order valence-corrected chi connectivity index (χ2v) is 7.73. The Labute approximate surface area is 123 Å². The Morgan fingerprint density at radius 3 is 2.89 bits per heavy atom. The summed E-state index contributed by atoms with van der Waals surface area (Å²) in [5.41, 5.74) is 7.01. The topological polar surface area (TPSA) is 29.3 Å². The second-order valence-electron chi connectivity index (χ2n) is 5.49. The number of nitrogens with two attached hydrogens (primary N) is 1. The zero-order valence-electron chi connectivity index (χ0n) is 11.3. The van der Waals surface area contributed by atoms with Gasteiger partial charge in [0.2, 0.25) is 0 Å². The van der Waals surface area contributed by atoms with E-state index in [2.05, 4.69) is 18.7 Å². The van der Waals surface area contributed by atoms with Crippen molar-refractivity contribution in [3.8, 4) is 0 Å². The average Bonchev–Trinajstić information content (AvgIpc) is 2.30. The van der Waals surface area contributed by atoms with E-state index in [-0.39, 0.29) is 10.6 Å². The summed E-state index contributed by atoms with van der Waals surface area (Å²) in [5, 5.41) is 0. The highest BCUT2D eigenvalue weighted by molar-refractivity contribution is 8.00. The summed E-state index contributed by atoms with van der Waals surface area (Å²) in [6, 6.07) is 4.86. The fourth-order valence-corrected chi connectivity index (χ4v) is 3.64. The zero-order chi connectivity index (χ0) is 14.0. The average molecular weight is 298 g/mol. The summed E-state index contributed by atoms with van der Waals surface area (Å²) in [6.45, 7) is 7.03. The number of nitrogens with zero attached hydrogens (tertiary/aromatic N) is 1. The molecular weight excluding hydrogens is 279 g/mol. The SMILES string of the molecule is CC1(C)CN(Cc2cc(C(N)=S)ccc2F)CCS1. The highest BCUT2D eigenvalue weighted by Gasteiger charge is 2.27. The molecule has 0 aliphatic carbocycles. The highest BCUT2D eigenvalue weighted by atomic mass is 32.2. The summed E-state index contributed by atoms with van der Waals surface area (Å²) in [7, 11) is 0. The number of halogens is 1. The van der Waals surface area contributed by atoms with Gasteiger partial charge in [0.05, 0.1) is 0 Å². The quantitative estimate of drug-likeness (QED) is 0.869. The van der Waals surface area contributed by atoms with Gasteiger partial charge in [-0.3, -0.25) is 4.90 Å². The van der Waals surface area contributed by atoms with Crippen LogP contribution in [0.1, 0.15) is 25.0 Å². The van der Waals surface area contributed by atoms with E-state index in [0.29, 0.717) is 17.1 Å². The Bertz CT molecular complexity index is 488. The van der Waals surface area contributed by atoms with Crippen molar-refractivity contribution < 1.29 is 4.39 Å². The van der Waals surface area contributed by atoms with E-state index < -0.39 is 0 Å². The van der Waals surface area contributed by atoms with Crippen molar-refractivity contribution in [3.05, 3.63) is 35.1 Å². The summed E-state index contributed by atoms with van der Waals surface area (Å²) < 4.78 is 14.1. The molecule has 1 saturated heterocycles. The molecule has 0 unspecified atom stereocenters. The minimum Gasteiger partial charge on any atom is -0.389 e. The molecule has 0 bridgehead atoms. The Hall–Kier alpha value is -0.650. The molecule has 19 heavy (non-hydrogen) atoms. The van der Waals surface area contributed by atoms with Crippen LogP contribution in [-0.2, 0) is 6.54 Å². The van der Waals surface area contributed by atoms with Crippen molar-refractivity contribution in [2.24, 2.45) is 5.73 Å². The molecule has 0 saturated carbocycles. The Balaban J connectivity index is 2.14. The predicted octanol–water partition coefficient (Wildman–Crippen LogP) is 2.79. The lowest BCUT2D eigenvalue weighted by atomic mass is 10.1. The normalized spacial score (nSPS) is 19.3. The summed E-state index contributed by atoms with van der Waals surface area (Å²) in [4.78, 5) is 2.61. The molecule has 5 heteroatoms. The van der Waals surface area contributed by atoms with Gasteiger partial charge in [-0.2, -0.15) is 11.8 Å². The lowest BCUT2D eigenvalue weighted by molar-refractivity contribution is 0.249. The van der Waals surface area contributed by atoms with Crippen molar-refractivity contribution >= 4 is 29.0 Å². The number of thioether (sulfide) groups is 1. The first-order chi connectivity index (χ1) is 8.87. The molecule has 1 heterocycles. The molecule has 1 aromatic rings. The first-order valence-corrected chi connectivity index (χ1v) is 7.71. The maximum atomic E-state index is 13.9. The summed E-state index contributed by atoms with van der Waals surface area (Å²) in [6.07, 6.45) is 0. The third-order valence-electron chi connectivity index (χ3n) is 3.23. The highest BCUT2D eigenvalue weighted by Crippen LogP contribution is 2.30. The molecule has 2 nitrogen and oxygen atoms in total. The molecule has 1 aliphatic rings. The molecule has 0 aromatic heterocycles. The van der Waals surface area contributed by atoms with Crippen molar-refractivity contribution in [2.45, 2.75) is 25.1 Å². The van der Waals surface area contributed by atoms with Crippen LogP contribution in [-0.4, -0.2) is 33.5 Å². The van der Waals surface area contributed by atoms with Gasteiger partial charge in [-0.1, -0.05) is 12.2 Å². The number of rotatable bonds is 3. The Morgan fingerprint density at radius 2 is 2.26 bits per heavy atom. The molecule has 2 N–H and O–H groups in total. The molecule has 0 amide bonds. The van der Waals surface area contributed by atoms with Gasteiger partial charge in [-0.05, 0) is 32.0 Å². The molecule has 0 radical (unpaired) electrons. The first-order valence-electron chi connectivity index (χ1n) is 6.32. The molecule has 0 atom stereocenters. The number of thiocarbonyl (C=S) groups is 1. The van der Waals surface area contributed by atoms with Gasteiger partial charge in [0.15, 0.2) is 0 Å². The standard InChI is InChI=1S/C14H19FN2S2/c1-14(2)9-17(5-6-19-14)8-11-7-10(13(16)18)3-4-12(11)15/h3-4,7H,5-6,8-9H2,1-2H3,(H2,16,18). The minimum atomic E-state index is -0.184. The van der Waals surface area contributed by atoms with Gasteiger partial charge in [-0.25, -0.2) is 4.39 Å². The Kier molecular flexibility index (Phi) is 4.48. The smallest absolute Gasteiger partial charge is 0.127 e. The molecule has 0 spiro atoms. The van der Waals surface area contributed by atoms with Gasteiger partial charge in [0.25, 0.3) is 0 Å². The van der Waals surface area contributed by atoms with Crippen LogP contribution >= 0.6 is 24.0 Å². The summed E-state index contributed by atoms with van der Waals surface area (Å²) in [5.74, 6) is 0.903. The third-order valence-corrected chi connectivity index (χ3v) is 4.76. The largest absolute Gasteiger partial charge is 0.389 e. The lowest BCUT2D eigenvalue weighted by Gasteiger charge is -2.37. The van der Waals surface area contributed by atoms with Crippen LogP contribution in [0.3, 0.4) is 0 Å². The van der Waals surface area contributed by atoms with Crippen LogP contribution in [0.2, 0.25) is 0 Å². The fraction of sp³-hybridized carbons (Fsp3) is 0.500. The molecular formula is C14H19FN2S2. The monoisotopic (exact) mass is 298 g/mol. The number of hydrogen-bond acceptors (Lipinski definition) is 3. The van der Waals surface area contributed by atoms with E-state index in [4.69, 9.17) is 18.0 Å². The molecule has 104 valence electrons. The lowest BCUT2D eigenvalue weighted by Crippen LogP contribution is -2.42. The predicted molar refractivity (Wildman–Crippen MR) is 84.1 cm³/mol.